The van der Waals surface area contributed by atoms with Crippen molar-refractivity contribution in [2.75, 3.05) is 30.4 Å². The van der Waals surface area contributed by atoms with Gasteiger partial charge in [0.05, 0.1) is 5.56 Å². The fourth-order valence-corrected chi connectivity index (χ4v) is 2.89. The average molecular weight is 366 g/mol. The molecule has 0 aromatic heterocycles. The molecular formula is C21H22N2O4. The summed E-state index contributed by atoms with van der Waals surface area (Å²) in [5.74, 6) is -0.823. The minimum Gasteiger partial charge on any atom is -0.454 e. The Morgan fingerprint density at radius 1 is 1.07 bits per heavy atom. The average Bonchev–Trinajstić information content (AvgIpc) is 2.70. The molecule has 0 atom stereocenters. The van der Waals surface area contributed by atoms with Crippen LogP contribution in [0.15, 0.2) is 42.5 Å². The fourth-order valence-electron chi connectivity index (χ4n) is 2.89. The van der Waals surface area contributed by atoms with Gasteiger partial charge in [-0.2, -0.15) is 0 Å². The van der Waals surface area contributed by atoms with E-state index in [-0.39, 0.29) is 18.3 Å². The number of nitrogens with zero attached hydrogens (tertiary/aromatic N) is 1. The zero-order valence-electron chi connectivity index (χ0n) is 15.5. The first kappa shape index (κ1) is 18.6. The van der Waals surface area contributed by atoms with Crippen molar-refractivity contribution in [3.63, 3.8) is 0 Å². The van der Waals surface area contributed by atoms with Crippen LogP contribution in [0.25, 0.3) is 0 Å². The Morgan fingerprint density at radius 3 is 2.48 bits per heavy atom. The van der Waals surface area contributed by atoms with Gasteiger partial charge in [0, 0.05) is 37.0 Å². The van der Waals surface area contributed by atoms with E-state index in [4.69, 9.17) is 4.74 Å². The van der Waals surface area contributed by atoms with Crippen LogP contribution in [0.1, 0.15) is 39.6 Å². The van der Waals surface area contributed by atoms with Gasteiger partial charge in [-0.3, -0.25) is 9.59 Å². The molecule has 0 saturated carbocycles. The summed E-state index contributed by atoms with van der Waals surface area (Å²) in [5.41, 5.74) is 3.53. The van der Waals surface area contributed by atoms with Crippen LogP contribution in [0.2, 0.25) is 0 Å². The smallest absolute Gasteiger partial charge is 0.338 e. The first-order chi connectivity index (χ1) is 13.0. The standard InChI is InChI=1S/C21H22N2O4/c1-3-23(2)17-8-4-14(5-9-17)21(26)27-13-19(24)16-6-10-18-15(12-16)7-11-20(25)22-18/h4-6,8-10,12H,3,7,11,13H2,1-2H3,(H,22,25). The van der Waals surface area contributed by atoms with Crippen molar-refractivity contribution in [2.45, 2.75) is 19.8 Å². The van der Waals surface area contributed by atoms with E-state index in [1.165, 1.54) is 0 Å². The molecule has 0 spiro atoms. The Hall–Kier alpha value is -3.15. The third-order valence-electron chi connectivity index (χ3n) is 4.68. The van der Waals surface area contributed by atoms with Gasteiger partial charge in [0.1, 0.15) is 0 Å². The lowest BCUT2D eigenvalue weighted by Gasteiger charge is -2.17. The molecule has 1 aliphatic rings. The van der Waals surface area contributed by atoms with Gasteiger partial charge in [-0.25, -0.2) is 4.79 Å². The molecule has 27 heavy (non-hydrogen) atoms. The van der Waals surface area contributed by atoms with Crippen LogP contribution in [0.5, 0.6) is 0 Å². The topological polar surface area (TPSA) is 75.7 Å². The number of aryl methyl sites for hydroxylation is 1. The van der Waals surface area contributed by atoms with Gasteiger partial charge < -0.3 is 15.0 Å². The van der Waals surface area contributed by atoms with E-state index in [2.05, 4.69) is 10.2 Å². The van der Waals surface area contributed by atoms with E-state index in [0.29, 0.717) is 24.0 Å². The van der Waals surface area contributed by atoms with E-state index in [0.717, 1.165) is 23.5 Å². The summed E-state index contributed by atoms with van der Waals surface area (Å²) in [6.45, 7) is 2.59. The molecule has 1 N–H and O–H groups in total. The highest BCUT2D eigenvalue weighted by Crippen LogP contribution is 2.24. The summed E-state index contributed by atoms with van der Waals surface area (Å²) in [7, 11) is 1.97. The van der Waals surface area contributed by atoms with Crippen molar-refractivity contribution >= 4 is 29.0 Å². The first-order valence-corrected chi connectivity index (χ1v) is 8.92. The van der Waals surface area contributed by atoms with Crippen LogP contribution >= 0.6 is 0 Å². The van der Waals surface area contributed by atoms with Crippen molar-refractivity contribution < 1.29 is 19.1 Å². The number of ketones is 1. The minimum atomic E-state index is -0.528. The second kappa shape index (κ2) is 8.03. The van der Waals surface area contributed by atoms with Crippen LogP contribution < -0.4 is 10.2 Å². The van der Waals surface area contributed by atoms with Crippen molar-refractivity contribution in [3.05, 3.63) is 59.2 Å². The number of esters is 1. The first-order valence-electron chi connectivity index (χ1n) is 8.92. The lowest BCUT2D eigenvalue weighted by atomic mass is 9.99. The van der Waals surface area contributed by atoms with E-state index < -0.39 is 5.97 Å². The predicted molar refractivity (Wildman–Crippen MR) is 103 cm³/mol. The maximum atomic E-state index is 12.3. The van der Waals surface area contributed by atoms with Crippen LogP contribution in [-0.4, -0.2) is 37.9 Å². The highest BCUT2D eigenvalue weighted by atomic mass is 16.5. The normalized spacial score (nSPS) is 12.7. The Bertz CT molecular complexity index is 874. The number of carbonyl (C=O) groups excluding carboxylic acids is 3. The SMILES string of the molecule is CCN(C)c1ccc(C(=O)OCC(=O)c2ccc3c(c2)CCC(=O)N3)cc1. The van der Waals surface area contributed by atoms with E-state index >= 15 is 0 Å². The maximum absolute atomic E-state index is 12.3. The zero-order valence-corrected chi connectivity index (χ0v) is 15.5. The number of Topliss-reactive ketones (excluding diaryl/α,β-unsaturated/α-hetero) is 1. The molecule has 0 fully saturated rings. The number of carbonyl (C=O) groups is 3. The molecule has 0 unspecified atom stereocenters. The Morgan fingerprint density at radius 2 is 1.78 bits per heavy atom. The molecule has 1 amide bonds. The molecule has 2 aromatic rings. The molecule has 6 nitrogen and oxygen atoms in total. The highest BCUT2D eigenvalue weighted by molar-refractivity contribution is 6.01. The zero-order chi connectivity index (χ0) is 19.4. The number of benzene rings is 2. The number of hydrogen-bond donors (Lipinski definition) is 1. The highest BCUT2D eigenvalue weighted by Gasteiger charge is 2.18. The Balaban J connectivity index is 1.60. The monoisotopic (exact) mass is 366 g/mol. The number of hydrogen-bond acceptors (Lipinski definition) is 5. The molecule has 1 heterocycles. The fraction of sp³-hybridized carbons (Fsp3) is 0.286. The molecule has 0 saturated heterocycles. The van der Waals surface area contributed by atoms with Gasteiger partial charge in [0.2, 0.25) is 5.91 Å². The molecule has 6 heteroatoms. The van der Waals surface area contributed by atoms with Gasteiger partial charge in [-0.1, -0.05) is 0 Å². The number of amides is 1. The molecular weight excluding hydrogens is 344 g/mol. The van der Waals surface area contributed by atoms with E-state index in [1.807, 2.05) is 26.1 Å². The van der Waals surface area contributed by atoms with Crippen LogP contribution in [0, 0.1) is 0 Å². The van der Waals surface area contributed by atoms with Gasteiger partial charge >= 0.3 is 5.97 Å². The maximum Gasteiger partial charge on any atom is 0.338 e. The second-order valence-corrected chi connectivity index (χ2v) is 6.48. The summed E-state index contributed by atoms with van der Waals surface area (Å²) in [6, 6.07) is 12.2. The molecule has 0 radical (unpaired) electrons. The number of ether oxygens (including phenoxy) is 1. The van der Waals surface area contributed by atoms with Crippen LogP contribution in [0.4, 0.5) is 11.4 Å². The van der Waals surface area contributed by atoms with Gasteiger partial charge in [0.15, 0.2) is 12.4 Å². The second-order valence-electron chi connectivity index (χ2n) is 6.48. The third kappa shape index (κ3) is 4.34. The summed E-state index contributed by atoms with van der Waals surface area (Å²) < 4.78 is 5.16. The Kier molecular flexibility index (Phi) is 5.54. The third-order valence-corrected chi connectivity index (χ3v) is 4.68. The van der Waals surface area contributed by atoms with Crippen LogP contribution in [-0.2, 0) is 16.0 Å². The summed E-state index contributed by atoms with van der Waals surface area (Å²) >= 11 is 0. The van der Waals surface area contributed by atoms with Crippen molar-refractivity contribution in [3.8, 4) is 0 Å². The largest absolute Gasteiger partial charge is 0.454 e. The van der Waals surface area contributed by atoms with Gasteiger partial charge in [-0.05, 0) is 61.4 Å². The van der Waals surface area contributed by atoms with Crippen molar-refractivity contribution in [2.24, 2.45) is 0 Å². The summed E-state index contributed by atoms with van der Waals surface area (Å²) in [4.78, 5) is 38.0. The number of rotatable bonds is 6. The van der Waals surface area contributed by atoms with Crippen molar-refractivity contribution in [1.29, 1.82) is 0 Å². The number of nitrogens with one attached hydrogen (secondary N) is 1. The van der Waals surface area contributed by atoms with Gasteiger partial charge in [-0.15, -0.1) is 0 Å². The lowest BCUT2D eigenvalue weighted by molar-refractivity contribution is -0.116. The van der Waals surface area contributed by atoms with E-state index in [9.17, 15) is 14.4 Å². The van der Waals surface area contributed by atoms with E-state index in [1.54, 1.807) is 30.3 Å². The number of anilines is 2. The molecule has 0 bridgehead atoms. The number of fused-ring (bicyclic) bond motifs is 1. The summed E-state index contributed by atoms with van der Waals surface area (Å²) in [6.07, 6.45) is 1.00. The Labute approximate surface area is 158 Å². The van der Waals surface area contributed by atoms with Crippen molar-refractivity contribution in [1.82, 2.24) is 0 Å². The molecule has 1 aliphatic heterocycles. The quantitative estimate of drug-likeness (QED) is 0.628. The van der Waals surface area contributed by atoms with Gasteiger partial charge in [0.25, 0.3) is 0 Å². The minimum absolute atomic E-state index is 0.0216. The molecule has 3 rings (SSSR count). The predicted octanol–water partition coefficient (Wildman–Crippen LogP) is 3.07. The molecule has 140 valence electrons. The molecule has 0 aliphatic carbocycles. The molecule has 2 aromatic carbocycles. The lowest BCUT2D eigenvalue weighted by Crippen LogP contribution is -2.20. The summed E-state index contributed by atoms with van der Waals surface area (Å²) in [5, 5.41) is 2.78. The van der Waals surface area contributed by atoms with Crippen LogP contribution in [0.3, 0.4) is 0 Å².